The standard InChI is InChI=1S/C20H24O3P/c1-6-20(5,23-24(22)17-10-8-7-9-11-17)19(21)18-15(3)12-14(2)13-16(18)4/h7-13H,6H2,1-5H3. The van der Waals surface area contributed by atoms with E-state index in [9.17, 15) is 9.36 Å². The highest BCUT2D eigenvalue weighted by atomic mass is 31.1. The molecular weight excluding hydrogens is 319 g/mol. The second-order valence-electron chi connectivity index (χ2n) is 6.37. The van der Waals surface area contributed by atoms with E-state index in [1.54, 1.807) is 19.1 Å². The number of carbonyl (C=O) groups excluding carboxylic acids is 1. The lowest BCUT2D eigenvalue weighted by molar-refractivity contribution is 0.0542. The zero-order chi connectivity index (χ0) is 17.9. The van der Waals surface area contributed by atoms with Gasteiger partial charge in [-0.05, 0) is 57.4 Å². The number of rotatable bonds is 6. The molecule has 0 saturated carbocycles. The highest BCUT2D eigenvalue weighted by molar-refractivity contribution is 7.48. The van der Waals surface area contributed by atoms with Crippen LogP contribution in [0.3, 0.4) is 0 Å². The molecule has 2 aromatic rings. The van der Waals surface area contributed by atoms with Crippen molar-refractivity contribution in [2.75, 3.05) is 0 Å². The van der Waals surface area contributed by atoms with Crippen LogP contribution in [-0.4, -0.2) is 11.4 Å². The molecule has 4 heteroatoms. The van der Waals surface area contributed by atoms with E-state index in [2.05, 4.69) is 0 Å². The second kappa shape index (κ2) is 7.38. The molecule has 0 fully saturated rings. The first-order valence-corrected chi connectivity index (χ1v) is 9.30. The molecule has 0 amide bonds. The SMILES string of the molecule is CCC(C)(O[P](=O)c1ccccc1)C(=O)c1c(C)cc(C)cc1C. The minimum Gasteiger partial charge on any atom is -0.291 e. The van der Waals surface area contributed by atoms with Gasteiger partial charge in [0.15, 0.2) is 5.78 Å². The smallest absolute Gasteiger partial charge is 0.247 e. The topological polar surface area (TPSA) is 43.4 Å². The third-order valence-corrected chi connectivity index (χ3v) is 5.60. The average molecular weight is 343 g/mol. The van der Waals surface area contributed by atoms with Crippen molar-refractivity contribution in [2.24, 2.45) is 0 Å². The summed E-state index contributed by atoms with van der Waals surface area (Å²) < 4.78 is 18.3. The van der Waals surface area contributed by atoms with Gasteiger partial charge in [-0.1, -0.05) is 42.8 Å². The van der Waals surface area contributed by atoms with E-state index < -0.39 is 13.6 Å². The summed E-state index contributed by atoms with van der Waals surface area (Å²) in [5.74, 6) is -0.112. The Bertz CT molecular complexity index is 745. The largest absolute Gasteiger partial charge is 0.291 e. The number of aryl methyl sites for hydroxylation is 3. The van der Waals surface area contributed by atoms with Crippen molar-refractivity contribution in [2.45, 2.75) is 46.6 Å². The quantitative estimate of drug-likeness (QED) is 0.545. The molecule has 2 aromatic carbocycles. The van der Waals surface area contributed by atoms with Crippen LogP contribution in [0.2, 0.25) is 0 Å². The number of Topliss-reactive ketones (excluding diaryl/α,β-unsaturated/α-hetero) is 1. The van der Waals surface area contributed by atoms with Crippen molar-refractivity contribution in [3.05, 3.63) is 64.7 Å². The minimum absolute atomic E-state index is 0.112. The van der Waals surface area contributed by atoms with Gasteiger partial charge in [-0.2, -0.15) is 0 Å². The third kappa shape index (κ3) is 3.80. The first-order chi connectivity index (χ1) is 11.3. The predicted octanol–water partition coefficient (Wildman–Crippen LogP) is 5.05. The van der Waals surface area contributed by atoms with Gasteiger partial charge in [0.1, 0.15) is 5.60 Å². The lowest BCUT2D eigenvalue weighted by Crippen LogP contribution is -2.37. The van der Waals surface area contributed by atoms with Crippen LogP contribution < -0.4 is 5.30 Å². The highest BCUT2D eigenvalue weighted by Gasteiger charge is 2.37. The highest BCUT2D eigenvalue weighted by Crippen LogP contribution is 2.35. The first kappa shape index (κ1) is 18.5. The predicted molar refractivity (Wildman–Crippen MR) is 98.4 cm³/mol. The summed E-state index contributed by atoms with van der Waals surface area (Å²) in [6.07, 6.45) is 0.451. The van der Waals surface area contributed by atoms with E-state index in [0.29, 0.717) is 17.3 Å². The molecule has 3 nitrogen and oxygen atoms in total. The van der Waals surface area contributed by atoms with Gasteiger partial charge < -0.3 is 0 Å². The van der Waals surface area contributed by atoms with Crippen LogP contribution in [0, 0.1) is 20.8 Å². The molecule has 127 valence electrons. The summed E-state index contributed by atoms with van der Waals surface area (Å²) in [5.41, 5.74) is 2.53. The van der Waals surface area contributed by atoms with Crippen LogP contribution in [0.5, 0.6) is 0 Å². The van der Waals surface area contributed by atoms with Crippen LogP contribution >= 0.6 is 8.03 Å². The van der Waals surface area contributed by atoms with Crippen LogP contribution in [0.1, 0.15) is 47.3 Å². The maximum atomic E-state index is 13.2. The number of carbonyl (C=O) groups is 1. The normalized spacial score (nSPS) is 14.1. The molecule has 1 radical (unpaired) electrons. The fraction of sp³-hybridized carbons (Fsp3) is 0.350. The first-order valence-electron chi connectivity index (χ1n) is 8.12. The molecule has 0 aliphatic carbocycles. The molecule has 0 aliphatic rings. The van der Waals surface area contributed by atoms with Crippen molar-refractivity contribution in [1.29, 1.82) is 0 Å². The molecule has 0 saturated heterocycles. The van der Waals surface area contributed by atoms with Gasteiger partial charge in [-0.15, -0.1) is 0 Å². The van der Waals surface area contributed by atoms with Crippen LogP contribution in [0.25, 0.3) is 0 Å². The molecular formula is C20H24O3P. The lowest BCUT2D eigenvalue weighted by Gasteiger charge is -2.27. The van der Waals surface area contributed by atoms with E-state index in [0.717, 1.165) is 16.7 Å². The molecule has 0 bridgehead atoms. The Kier molecular flexibility index (Phi) is 5.69. The van der Waals surface area contributed by atoms with Crippen molar-refractivity contribution < 1.29 is 13.9 Å². The summed E-state index contributed by atoms with van der Waals surface area (Å²) in [5, 5.41) is 0.595. The minimum atomic E-state index is -2.09. The number of hydrogen-bond donors (Lipinski definition) is 0. The van der Waals surface area contributed by atoms with Gasteiger partial charge >= 0.3 is 0 Å². The molecule has 24 heavy (non-hydrogen) atoms. The third-order valence-electron chi connectivity index (χ3n) is 4.31. The Labute approximate surface area is 144 Å². The maximum Gasteiger partial charge on any atom is 0.247 e. The van der Waals surface area contributed by atoms with E-state index in [-0.39, 0.29) is 5.78 Å². The lowest BCUT2D eigenvalue weighted by atomic mass is 9.87. The zero-order valence-electron chi connectivity index (χ0n) is 14.9. The molecule has 0 aliphatic heterocycles. The Morgan fingerprint density at radius 1 is 1.08 bits per heavy atom. The van der Waals surface area contributed by atoms with Crippen molar-refractivity contribution in [1.82, 2.24) is 0 Å². The number of ketones is 1. The van der Waals surface area contributed by atoms with Gasteiger partial charge in [0, 0.05) is 5.56 Å². The van der Waals surface area contributed by atoms with Crippen molar-refractivity contribution in [3.63, 3.8) is 0 Å². The van der Waals surface area contributed by atoms with Crippen LogP contribution in [0.15, 0.2) is 42.5 Å². The average Bonchev–Trinajstić information content (AvgIpc) is 2.54. The van der Waals surface area contributed by atoms with E-state index in [1.807, 2.05) is 58.0 Å². The van der Waals surface area contributed by atoms with Gasteiger partial charge in [-0.25, -0.2) is 4.57 Å². The molecule has 2 atom stereocenters. The van der Waals surface area contributed by atoms with Crippen molar-refractivity contribution >= 4 is 19.1 Å². The fourth-order valence-corrected chi connectivity index (χ4v) is 3.95. The summed E-state index contributed by atoms with van der Waals surface area (Å²) in [4.78, 5) is 13.2. The van der Waals surface area contributed by atoms with Gasteiger partial charge in [-0.3, -0.25) is 9.32 Å². The molecule has 2 unspecified atom stereocenters. The van der Waals surface area contributed by atoms with Gasteiger partial charge in [0.05, 0.1) is 5.30 Å². The Morgan fingerprint density at radius 2 is 1.62 bits per heavy atom. The monoisotopic (exact) mass is 343 g/mol. The number of hydrogen-bond acceptors (Lipinski definition) is 3. The summed E-state index contributed by atoms with van der Waals surface area (Å²) in [6, 6.07) is 13.0. The summed E-state index contributed by atoms with van der Waals surface area (Å²) in [6.45, 7) is 9.48. The van der Waals surface area contributed by atoms with Crippen molar-refractivity contribution in [3.8, 4) is 0 Å². The molecule has 0 N–H and O–H groups in total. The molecule has 0 heterocycles. The van der Waals surface area contributed by atoms with Crippen LogP contribution in [0.4, 0.5) is 0 Å². The molecule has 2 rings (SSSR count). The summed E-state index contributed by atoms with van der Waals surface area (Å²) in [7, 11) is -2.09. The summed E-state index contributed by atoms with van der Waals surface area (Å²) >= 11 is 0. The van der Waals surface area contributed by atoms with E-state index in [4.69, 9.17) is 4.52 Å². The maximum absolute atomic E-state index is 13.2. The van der Waals surface area contributed by atoms with E-state index in [1.165, 1.54) is 0 Å². The van der Waals surface area contributed by atoms with Gasteiger partial charge in [0.25, 0.3) is 0 Å². The van der Waals surface area contributed by atoms with E-state index >= 15 is 0 Å². The zero-order valence-corrected chi connectivity index (χ0v) is 15.8. The molecule has 0 aromatic heterocycles. The Balaban J connectivity index is 2.36. The Hall–Kier alpha value is -1.83. The second-order valence-corrected chi connectivity index (χ2v) is 7.58. The molecule has 0 spiro atoms. The number of benzene rings is 2. The fourth-order valence-electron chi connectivity index (χ4n) is 2.85. The van der Waals surface area contributed by atoms with Crippen LogP contribution in [-0.2, 0) is 9.09 Å². The Morgan fingerprint density at radius 3 is 2.12 bits per heavy atom. The van der Waals surface area contributed by atoms with Gasteiger partial charge in [0.2, 0.25) is 8.03 Å².